The van der Waals surface area contributed by atoms with E-state index in [1.165, 1.54) is 19.3 Å². The van der Waals surface area contributed by atoms with E-state index in [2.05, 4.69) is 204 Å². The molecule has 0 aliphatic carbocycles. The Morgan fingerprint density at radius 2 is 0.500 bits per heavy atom. The van der Waals surface area contributed by atoms with Gasteiger partial charge in [0.2, 0.25) is 0 Å². The third-order valence-corrected chi connectivity index (χ3v) is 17.9. The SMILES string of the molecule is CC/C=C\C/C=C\C/C=C\C/C=C\C/C=C\C/C=C\CCC(=O)OCC(COP(=O)(O)OCC(O)COP(=O)(O)OCC(COC(=O)CCCC/C=C\C/C=C\C/C=C\C/C=C\CC)OC(=O)CCCCCCC/C=C\C/C=C\C/C=C\CC)OC(=O)CCCCCCCC/C=C\C/C=C\C/C=C\CCCCC. The fourth-order valence-electron chi connectivity index (χ4n) is 9.96. The first-order valence-electron chi connectivity index (χ1n) is 40.7. The molecule has 3 N–H and O–H groups in total. The number of phosphoric acid groups is 2. The molecule has 0 spiro atoms. The zero-order valence-electron chi connectivity index (χ0n) is 66.7. The molecule has 19 heteroatoms. The van der Waals surface area contributed by atoms with Gasteiger partial charge in [0.15, 0.2) is 12.2 Å². The molecular weight excluding hydrogens is 1400 g/mol. The molecule has 0 aliphatic heterocycles. The molecule has 0 rings (SSSR count). The van der Waals surface area contributed by atoms with Crippen LogP contribution in [0.25, 0.3) is 0 Å². The topological polar surface area (TPSA) is 237 Å². The first kappa shape index (κ1) is 102. The van der Waals surface area contributed by atoms with Gasteiger partial charge >= 0.3 is 39.5 Å². The Balaban J connectivity index is 5.52. The van der Waals surface area contributed by atoms with E-state index in [0.29, 0.717) is 32.1 Å². The molecule has 0 aliphatic rings. The summed E-state index contributed by atoms with van der Waals surface area (Å²) in [5.74, 6) is -2.37. The number of carbonyl (C=O) groups is 4. The van der Waals surface area contributed by atoms with E-state index < -0.39 is 97.5 Å². The second-order valence-corrected chi connectivity index (χ2v) is 29.1. The van der Waals surface area contributed by atoms with Crippen molar-refractivity contribution < 1.29 is 80.2 Å². The summed E-state index contributed by atoms with van der Waals surface area (Å²) < 4.78 is 68.5. The summed E-state index contributed by atoms with van der Waals surface area (Å²) in [5, 5.41) is 10.7. The van der Waals surface area contributed by atoms with Gasteiger partial charge in [0, 0.05) is 25.7 Å². The number of hydrogen-bond donors (Lipinski definition) is 3. The highest BCUT2D eigenvalue weighted by Crippen LogP contribution is 2.45. The van der Waals surface area contributed by atoms with E-state index in [1.54, 1.807) is 0 Å². The van der Waals surface area contributed by atoms with E-state index in [-0.39, 0.29) is 25.7 Å². The molecule has 610 valence electrons. The molecule has 0 amide bonds. The Kier molecular flexibility index (Phi) is 74.5. The summed E-state index contributed by atoms with van der Waals surface area (Å²) in [4.78, 5) is 73.1. The summed E-state index contributed by atoms with van der Waals surface area (Å²) in [6, 6.07) is 0. The summed E-state index contributed by atoms with van der Waals surface area (Å²) in [6.45, 7) is 4.32. The van der Waals surface area contributed by atoms with Crippen LogP contribution < -0.4 is 0 Å². The lowest BCUT2D eigenvalue weighted by Crippen LogP contribution is -2.30. The van der Waals surface area contributed by atoms with Gasteiger partial charge in [-0.1, -0.05) is 280 Å². The second-order valence-electron chi connectivity index (χ2n) is 26.2. The number of allylic oxidation sites excluding steroid dienone is 32. The van der Waals surface area contributed by atoms with Crippen LogP contribution in [0.4, 0.5) is 0 Å². The van der Waals surface area contributed by atoms with E-state index in [9.17, 15) is 43.2 Å². The minimum atomic E-state index is -5.01. The number of esters is 4. The van der Waals surface area contributed by atoms with E-state index >= 15 is 0 Å². The Morgan fingerprint density at radius 1 is 0.269 bits per heavy atom. The average Bonchev–Trinajstić information content (AvgIpc) is 0.896. The number of aliphatic hydroxyl groups excluding tert-OH is 1. The maximum absolute atomic E-state index is 13.1. The standard InChI is InChI=1S/C89H142O17P2/c1-5-9-13-17-21-25-29-33-37-39-41-43-47-50-54-58-62-66-70-74-87(92)100-80-85(106-89(94)76-72-68-64-60-56-52-48-44-42-40-38-34-30-26-22-18-14-10-6-2)82-104-108(97,98)102-78-83(90)77-101-107(95,96)103-81-84(105-88(93)75-71-67-63-59-55-51-46-36-32-28-24-20-16-12-8-4)79-99-86(91)73-69-65-61-57-53-49-45-35-31-27-23-19-15-11-7-3/h9,11-13,15-16,21-28,33-38,41-46,50,53-54,57,62,66,83-85,90H,5-8,10,14,17-20,29-32,39-40,47-49,51-52,55-56,58-61,63-65,67-82H2,1-4H3,(H,95,96)(H,97,98)/b13-9-,15-11-,16-12-,25-21-,26-22-,27-23-,28-24-,37-33-,38-34-,43-41-,44-42-,45-35-,46-36-,54-50-,57-53-,66-62-. The number of hydrogen-bond acceptors (Lipinski definition) is 15. The van der Waals surface area contributed by atoms with Crippen molar-refractivity contribution in [3.63, 3.8) is 0 Å². The van der Waals surface area contributed by atoms with Crippen LogP contribution in [0.5, 0.6) is 0 Å². The summed E-state index contributed by atoms with van der Waals surface area (Å²) in [7, 11) is -10.0. The van der Waals surface area contributed by atoms with Crippen LogP contribution in [0, 0.1) is 0 Å². The Labute approximate surface area is 653 Å². The molecule has 0 aromatic rings. The second kappa shape index (κ2) is 79.0. The van der Waals surface area contributed by atoms with Gasteiger partial charge in [-0.15, -0.1) is 0 Å². The number of unbranched alkanes of at least 4 members (excludes halogenated alkanes) is 16. The summed E-state index contributed by atoms with van der Waals surface area (Å²) in [6.07, 6.45) is 97.1. The highest BCUT2D eigenvalue weighted by atomic mass is 31.2. The minimum absolute atomic E-state index is 0.0246. The zero-order chi connectivity index (χ0) is 78.9. The minimum Gasteiger partial charge on any atom is -0.462 e. The van der Waals surface area contributed by atoms with Gasteiger partial charge in [0.05, 0.1) is 26.4 Å². The van der Waals surface area contributed by atoms with Crippen molar-refractivity contribution in [2.45, 2.75) is 303 Å². The van der Waals surface area contributed by atoms with Gasteiger partial charge in [-0.05, 0) is 173 Å². The maximum atomic E-state index is 13.1. The third kappa shape index (κ3) is 78.0. The smallest absolute Gasteiger partial charge is 0.462 e. The van der Waals surface area contributed by atoms with Crippen LogP contribution in [0.2, 0.25) is 0 Å². The molecule has 17 nitrogen and oxygen atoms in total. The van der Waals surface area contributed by atoms with Crippen LogP contribution >= 0.6 is 15.6 Å². The van der Waals surface area contributed by atoms with Crippen LogP contribution in [0.3, 0.4) is 0 Å². The Morgan fingerprint density at radius 3 is 0.815 bits per heavy atom. The molecule has 108 heavy (non-hydrogen) atoms. The fraction of sp³-hybridized carbons (Fsp3) is 0.596. The predicted octanol–water partition coefficient (Wildman–Crippen LogP) is 24.1. The molecule has 0 bridgehead atoms. The van der Waals surface area contributed by atoms with Gasteiger partial charge in [-0.25, -0.2) is 9.13 Å². The lowest BCUT2D eigenvalue weighted by Gasteiger charge is -2.21. The van der Waals surface area contributed by atoms with Gasteiger partial charge in [-0.2, -0.15) is 0 Å². The molecule has 0 aromatic heterocycles. The molecule has 0 saturated heterocycles. The van der Waals surface area contributed by atoms with Crippen molar-refractivity contribution >= 4 is 39.5 Å². The first-order valence-corrected chi connectivity index (χ1v) is 43.7. The normalized spacial score (nSPS) is 14.8. The van der Waals surface area contributed by atoms with Crippen molar-refractivity contribution in [1.82, 2.24) is 0 Å². The Hall–Kier alpha value is -6.10. The molecular formula is C89H142O17P2. The van der Waals surface area contributed by atoms with Gasteiger partial charge in [0.25, 0.3) is 0 Å². The van der Waals surface area contributed by atoms with Crippen molar-refractivity contribution in [1.29, 1.82) is 0 Å². The average molecular weight is 1550 g/mol. The highest BCUT2D eigenvalue weighted by molar-refractivity contribution is 7.47. The molecule has 0 fully saturated rings. The molecule has 0 radical (unpaired) electrons. The molecule has 5 atom stereocenters. The summed E-state index contributed by atoms with van der Waals surface area (Å²) >= 11 is 0. The molecule has 0 aromatic carbocycles. The lowest BCUT2D eigenvalue weighted by atomic mass is 10.1. The third-order valence-electron chi connectivity index (χ3n) is 16.0. The largest absolute Gasteiger partial charge is 0.472 e. The Bertz CT molecular complexity index is 2810. The van der Waals surface area contributed by atoms with Crippen molar-refractivity contribution in [3.05, 3.63) is 194 Å². The zero-order valence-corrected chi connectivity index (χ0v) is 68.5. The predicted molar refractivity (Wildman–Crippen MR) is 445 cm³/mol. The fourth-order valence-corrected chi connectivity index (χ4v) is 11.5. The van der Waals surface area contributed by atoms with Crippen molar-refractivity contribution in [2.24, 2.45) is 0 Å². The van der Waals surface area contributed by atoms with E-state index in [4.69, 9.17) is 37.0 Å². The highest BCUT2D eigenvalue weighted by Gasteiger charge is 2.30. The molecule has 0 heterocycles. The van der Waals surface area contributed by atoms with Crippen LogP contribution in [0.15, 0.2) is 194 Å². The molecule has 5 unspecified atom stereocenters. The number of rotatable bonds is 74. The maximum Gasteiger partial charge on any atom is 0.472 e. The summed E-state index contributed by atoms with van der Waals surface area (Å²) in [5.41, 5.74) is 0. The van der Waals surface area contributed by atoms with Gasteiger partial charge in [-0.3, -0.25) is 37.3 Å². The van der Waals surface area contributed by atoms with Gasteiger partial charge in [0.1, 0.15) is 19.3 Å². The van der Waals surface area contributed by atoms with E-state index in [1.807, 2.05) is 18.2 Å². The van der Waals surface area contributed by atoms with Crippen molar-refractivity contribution in [2.75, 3.05) is 39.6 Å². The van der Waals surface area contributed by atoms with Gasteiger partial charge < -0.3 is 33.8 Å². The van der Waals surface area contributed by atoms with E-state index in [0.717, 1.165) is 180 Å². The lowest BCUT2D eigenvalue weighted by molar-refractivity contribution is -0.161. The molecule has 0 saturated carbocycles. The number of phosphoric ester groups is 2. The number of carbonyl (C=O) groups excluding carboxylic acids is 4. The quantitative estimate of drug-likeness (QED) is 0.0169. The van der Waals surface area contributed by atoms with Crippen LogP contribution in [0.1, 0.15) is 285 Å². The number of aliphatic hydroxyl groups is 1. The monoisotopic (exact) mass is 1540 g/mol. The number of ether oxygens (including phenoxy) is 4. The van der Waals surface area contributed by atoms with Crippen LogP contribution in [-0.2, 0) is 65.4 Å². The first-order chi connectivity index (χ1) is 52.7. The van der Waals surface area contributed by atoms with Crippen LogP contribution in [-0.4, -0.2) is 96.7 Å². The van der Waals surface area contributed by atoms with Crippen molar-refractivity contribution in [3.8, 4) is 0 Å².